The van der Waals surface area contributed by atoms with Gasteiger partial charge in [-0.3, -0.25) is 4.79 Å². The van der Waals surface area contributed by atoms with Gasteiger partial charge in [0.15, 0.2) is 5.13 Å². The van der Waals surface area contributed by atoms with Crippen LogP contribution in [-0.2, 0) is 4.79 Å². The van der Waals surface area contributed by atoms with Crippen molar-refractivity contribution in [2.45, 2.75) is 33.6 Å². The molecule has 0 atom stereocenters. The highest BCUT2D eigenvalue weighted by Crippen LogP contribution is 2.36. The van der Waals surface area contributed by atoms with E-state index in [1.165, 1.54) is 11.3 Å². The van der Waals surface area contributed by atoms with E-state index in [1.807, 2.05) is 43.3 Å². The topological polar surface area (TPSA) is 115 Å². The Morgan fingerprint density at radius 3 is 2.83 bits per heavy atom. The van der Waals surface area contributed by atoms with E-state index in [0.29, 0.717) is 35.8 Å². The molecule has 3 heterocycles. The molecule has 0 aliphatic heterocycles. The third-order valence-electron chi connectivity index (χ3n) is 5.61. The second kappa shape index (κ2) is 10.3. The van der Waals surface area contributed by atoms with Crippen molar-refractivity contribution in [2.24, 2.45) is 0 Å². The number of rotatable bonds is 9. The minimum Gasteiger partial charge on any atom is -0.492 e. The number of aryl methyl sites for hydroxylation is 2. The number of anilines is 2. The first-order chi connectivity index (χ1) is 17.5. The Labute approximate surface area is 211 Å². The number of hydrogen-bond donors (Lipinski definition) is 2. The summed E-state index contributed by atoms with van der Waals surface area (Å²) in [5, 5.41) is 12.7. The first-order valence-electron chi connectivity index (χ1n) is 11.8. The van der Waals surface area contributed by atoms with E-state index in [4.69, 9.17) is 9.26 Å². The highest BCUT2D eigenvalue weighted by Gasteiger charge is 2.14. The van der Waals surface area contributed by atoms with Gasteiger partial charge >= 0.3 is 0 Å². The summed E-state index contributed by atoms with van der Waals surface area (Å²) in [6.07, 6.45) is 2.93. The molecule has 0 fully saturated rings. The number of nitrogens with one attached hydrogen (secondary N) is 2. The quantitative estimate of drug-likeness (QED) is 0.262. The number of nitrogens with zero attached hydrogens (tertiary/aromatic N) is 4. The monoisotopic (exact) mass is 502 g/mol. The Kier molecular flexibility index (Phi) is 6.77. The van der Waals surface area contributed by atoms with Crippen molar-refractivity contribution in [1.82, 2.24) is 20.1 Å². The van der Waals surface area contributed by atoms with Gasteiger partial charge < -0.3 is 19.9 Å². The summed E-state index contributed by atoms with van der Waals surface area (Å²) >= 11 is 1.43. The molecule has 10 heteroatoms. The number of pyridine rings is 1. The van der Waals surface area contributed by atoms with Gasteiger partial charge in [-0.05, 0) is 42.5 Å². The van der Waals surface area contributed by atoms with Crippen LogP contribution in [0.25, 0.3) is 32.4 Å². The van der Waals surface area contributed by atoms with Crippen LogP contribution < -0.4 is 15.4 Å². The number of fused-ring (bicyclic) bond motifs is 2. The van der Waals surface area contributed by atoms with Gasteiger partial charge in [0.05, 0.1) is 16.8 Å². The molecule has 0 saturated carbocycles. The summed E-state index contributed by atoms with van der Waals surface area (Å²) in [6, 6.07) is 11.8. The van der Waals surface area contributed by atoms with Crippen LogP contribution in [0.15, 0.2) is 47.1 Å². The molecule has 0 spiro atoms. The second-order valence-electron chi connectivity index (χ2n) is 8.38. The van der Waals surface area contributed by atoms with E-state index in [9.17, 15) is 4.79 Å². The Morgan fingerprint density at radius 1 is 1.14 bits per heavy atom. The number of benzene rings is 2. The molecule has 0 saturated heterocycles. The van der Waals surface area contributed by atoms with E-state index in [2.05, 4.69) is 37.7 Å². The molecule has 5 aromatic rings. The minimum atomic E-state index is -0.126. The molecule has 1 amide bonds. The standard InChI is InChI=1S/C26H26N6O3S/c1-4-13-34-20-8-5-15(2)22-23(20)36-26(31-22)30-21(33)10-12-28-25-19-14-18(24-29-16(3)35-32-24)7-6-17(19)9-11-27-25/h5-9,11,14H,4,10,12-13H2,1-3H3,(H,27,28)(H,30,31,33). The lowest BCUT2D eigenvalue weighted by atomic mass is 10.1. The van der Waals surface area contributed by atoms with Crippen molar-refractivity contribution < 1.29 is 14.1 Å². The summed E-state index contributed by atoms with van der Waals surface area (Å²) in [4.78, 5) is 26.1. The second-order valence-corrected chi connectivity index (χ2v) is 9.38. The predicted octanol–water partition coefficient (Wildman–Crippen LogP) is 5.74. The van der Waals surface area contributed by atoms with Gasteiger partial charge in [-0.15, -0.1) is 0 Å². The lowest BCUT2D eigenvalue weighted by Gasteiger charge is -2.09. The number of thiazole rings is 1. The summed E-state index contributed by atoms with van der Waals surface area (Å²) in [5.74, 6) is 2.40. The molecule has 0 aliphatic carbocycles. The smallest absolute Gasteiger partial charge is 0.227 e. The fraction of sp³-hybridized carbons (Fsp3) is 0.269. The molecule has 9 nitrogen and oxygen atoms in total. The molecule has 0 bridgehead atoms. The summed E-state index contributed by atoms with van der Waals surface area (Å²) in [6.45, 7) is 6.88. The van der Waals surface area contributed by atoms with Crippen LogP contribution in [0.1, 0.15) is 31.2 Å². The van der Waals surface area contributed by atoms with Gasteiger partial charge in [0.25, 0.3) is 0 Å². The van der Waals surface area contributed by atoms with Crippen LogP contribution in [0.5, 0.6) is 5.75 Å². The largest absolute Gasteiger partial charge is 0.492 e. The maximum Gasteiger partial charge on any atom is 0.227 e. The van der Waals surface area contributed by atoms with Crippen molar-refractivity contribution >= 4 is 49.2 Å². The zero-order chi connectivity index (χ0) is 25.1. The molecule has 2 N–H and O–H groups in total. The summed E-state index contributed by atoms with van der Waals surface area (Å²) < 4.78 is 11.9. The van der Waals surface area contributed by atoms with E-state index < -0.39 is 0 Å². The third-order valence-corrected chi connectivity index (χ3v) is 6.60. The molecular weight excluding hydrogens is 476 g/mol. The highest BCUT2D eigenvalue weighted by molar-refractivity contribution is 7.22. The number of hydrogen-bond acceptors (Lipinski definition) is 9. The van der Waals surface area contributed by atoms with Crippen molar-refractivity contribution in [1.29, 1.82) is 0 Å². The molecule has 36 heavy (non-hydrogen) atoms. The SMILES string of the molecule is CCCOc1ccc(C)c2nc(NC(=O)CCNc3nccc4ccc(-c5noc(C)n5)cc34)sc12. The third kappa shape index (κ3) is 4.99. The Morgan fingerprint density at radius 2 is 2.03 bits per heavy atom. The van der Waals surface area contributed by atoms with E-state index >= 15 is 0 Å². The van der Waals surface area contributed by atoms with Crippen LogP contribution in [-0.4, -0.2) is 39.2 Å². The number of amides is 1. The van der Waals surface area contributed by atoms with Gasteiger partial charge in [-0.1, -0.05) is 41.6 Å². The number of ether oxygens (including phenoxy) is 1. The molecule has 3 aromatic heterocycles. The molecule has 0 aliphatic rings. The maximum atomic E-state index is 12.7. The fourth-order valence-corrected chi connectivity index (χ4v) is 4.86. The lowest BCUT2D eigenvalue weighted by molar-refractivity contribution is -0.115. The zero-order valence-corrected chi connectivity index (χ0v) is 21.1. The molecule has 5 rings (SSSR count). The van der Waals surface area contributed by atoms with Crippen LogP contribution in [0.3, 0.4) is 0 Å². The van der Waals surface area contributed by atoms with Gasteiger partial charge in [0.1, 0.15) is 11.6 Å². The van der Waals surface area contributed by atoms with E-state index in [1.54, 1.807) is 13.1 Å². The fourth-order valence-electron chi connectivity index (χ4n) is 3.83. The van der Waals surface area contributed by atoms with Gasteiger partial charge in [-0.2, -0.15) is 4.98 Å². The van der Waals surface area contributed by atoms with Gasteiger partial charge in [-0.25, -0.2) is 9.97 Å². The van der Waals surface area contributed by atoms with E-state index in [-0.39, 0.29) is 12.3 Å². The number of carbonyl (C=O) groups is 1. The molecular formula is C26H26N6O3S. The first-order valence-corrected chi connectivity index (χ1v) is 12.6. The van der Waals surface area contributed by atoms with Crippen molar-refractivity contribution in [3.05, 3.63) is 54.0 Å². The van der Waals surface area contributed by atoms with Gasteiger partial charge in [0, 0.05) is 37.0 Å². The average molecular weight is 503 g/mol. The Bertz CT molecular complexity index is 1540. The first kappa shape index (κ1) is 23.7. The van der Waals surface area contributed by atoms with Gasteiger partial charge in [0.2, 0.25) is 17.6 Å². The van der Waals surface area contributed by atoms with Crippen LogP contribution in [0, 0.1) is 13.8 Å². The molecule has 184 valence electrons. The average Bonchev–Trinajstić information content (AvgIpc) is 3.50. The zero-order valence-electron chi connectivity index (χ0n) is 20.3. The summed E-state index contributed by atoms with van der Waals surface area (Å²) in [7, 11) is 0. The van der Waals surface area contributed by atoms with Crippen molar-refractivity contribution in [3.8, 4) is 17.1 Å². The van der Waals surface area contributed by atoms with Crippen LogP contribution >= 0.6 is 11.3 Å². The predicted molar refractivity (Wildman–Crippen MR) is 142 cm³/mol. The normalized spacial score (nSPS) is 11.2. The number of aromatic nitrogens is 4. The van der Waals surface area contributed by atoms with Crippen molar-refractivity contribution in [2.75, 3.05) is 23.8 Å². The number of carbonyl (C=O) groups excluding carboxylic acids is 1. The molecule has 2 aromatic carbocycles. The Hall–Kier alpha value is -4.05. The molecule has 0 radical (unpaired) electrons. The van der Waals surface area contributed by atoms with Crippen molar-refractivity contribution in [3.63, 3.8) is 0 Å². The Balaban J connectivity index is 1.26. The molecule has 0 unspecified atom stereocenters. The van der Waals surface area contributed by atoms with Crippen LogP contribution in [0.2, 0.25) is 0 Å². The lowest BCUT2D eigenvalue weighted by Crippen LogP contribution is -2.16. The van der Waals surface area contributed by atoms with E-state index in [0.717, 1.165) is 44.3 Å². The van der Waals surface area contributed by atoms with Crippen LogP contribution in [0.4, 0.5) is 10.9 Å². The maximum absolute atomic E-state index is 12.7. The highest BCUT2D eigenvalue weighted by atomic mass is 32.1. The minimum absolute atomic E-state index is 0.126. The summed E-state index contributed by atoms with van der Waals surface area (Å²) in [5.41, 5.74) is 2.74.